The van der Waals surface area contributed by atoms with Crippen LogP contribution in [0, 0.1) is 23.7 Å². The van der Waals surface area contributed by atoms with Crippen molar-refractivity contribution in [2.24, 2.45) is 11.8 Å². The van der Waals surface area contributed by atoms with Gasteiger partial charge in [0.15, 0.2) is 0 Å². The van der Waals surface area contributed by atoms with Gasteiger partial charge < -0.3 is 9.84 Å². The first-order valence-electron chi connectivity index (χ1n) is 5.89. The zero-order chi connectivity index (χ0) is 12.0. The molecule has 3 heteroatoms. The van der Waals surface area contributed by atoms with Gasteiger partial charge in [0.25, 0.3) is 0 Å². The molecule has 1 N–H and O–H groups in total. The first-order chi connectivity index (χ1) is 7.69. The molecule has 0 aromatic heterocycles. The van der Waals surface area contributed by atoms with Crippen LogP contribution in [0.2, 0.25) is 0 Å². The first-order valence-corrected chi connectivity index (χ1v) is 5.89. The first kappa shape index (κ1) is 13.1. The molecule has 3 unspecified atom stereocenters. The van der Waals surface area contributed by atoms with E-state index in [4.69, 9.17) is 0 Å². The van der Waals surface area contributed by atoms with Crippen LogP contribution >= 0.6 is 0 Å². The van der Waals surface area contributed by atoms with Crippen molar-refractivity contribution in [3.05, 3.63) is 0 Å². The quantitative estimate of drug-likeness (QED) is 0.586. The number of aliphatic hydroxyl groups is 1. The molecule has 0 radical (unpaired) electrons. The van der Waals surface area contributed by atoms with Crippen molar-refractivity contribution >= 4 is 5.97 Å². The van der Waals surface area contributed by atoms with Gasteiger partial charge in [0.2, 0.25) is 0 Å². The van der Waals surface area contributed by atoms with Crippen molar-refractivity contribution in [3.63, 3.8) is 0 Å². The van der Waals surface area contributed by atoms with Gasteiger partial charge in [-0.3, -0.25) is 4.79 Å². The van der Waals surface area contributed by atoms with Gasteiger partial charge in [-0.1, -0.05) is 6.92 Å². The summed E-state index contributed by atoms with van der Waals surface area (Å²) in [5, 5.41) is 9.82. The highest BCUT2D eigenvalue weighted by molar-refractivity contribution is 5.69. The van der Waals surface area contributed by atoms with E-state index < -0.39 is 0 Å². The van der Waals surface area contributed by atoms with Gasteiger partial charge in [-0.15, -0.1) is 11.8 Å². The van der Waals surface area contributed by atoms with E-state index in [1.165, 1.54) is 7.11 Å². The minimum Gasteiger partial charge on any atom is -0.469 e. The number of carbonyl (C=O) groups excluding carboxylic acids is 1. The summed E-state index contributed by atoms with van der Waals surface area (Å²) in [5.74, 6) is 6.25. The van der Waals surface area contributed by atoms with E-state index in [2.05, 4.69) is 16.6 Å². The molecule has 90 valence electrons. The lowest BCUT2D eigenvalue weighted by Crippen LogP contribution is -2.21. The van der Waals surface area contributed by atoms with Crippen LogP contribution in [0.25, 0.3) is 0 Å². The van der Waals surface area contributed by atoms with Crippen LogP contribution in [0.4, 0.5) is 0 Å². The zero-order valence-corrected chi connectivity index (χ0v) is 10.0. The average molecular weight is 224 g/mol. The third kappa shape index (κ3) is 3.53. The Kier molecular flexibility index (Phi) is 5.34. The molecule has 0 aromatic rings. The highest BCUT2D eigenvalue weighted by atomic mass is 16.5. The lowest BCUT2D eigenvalue weighted by Gasteiger charge is -2.18. The van der Waals surface area contributed by atoms with Gasteiger partial charge in [0.1, 0.15) is 0 Å². The van der Waals surface area contributed by atoms with E-state index in [0.717, 1.165) is 19.3 Å². The summed E-state index contributed by atoms with van der Waals surface area (Å²) >= 11 is 0. The fourth-order valence-electron chi connectivity index (χ4n) is 2.30. The molecule has 16 heavy (non-hydrogen) atoms. The topological polar surface area (TPSA) is 46.5 Å². The summed E-state index contributed by atoms with van der Waals surface area (Å²) in [4.78, 5) is 11.2. The van der Waals surface area contributed by atoms with E-state index in [1.807, 2.05) is 6.92 Å². The Morgan fingerprint density at radius 3 is 2.81 bits per heavy atom. The average Bonchev–Trinajstić information content (AvgIpc) is 2.61. The highest BCUT2D eigenvalue weighted by Gasteiger charge is 2.35. The number of carbonyl (C=O) groups is 1. The molecule has 1 rings (SSSR count). The minimum absolute atomic E-state index is 0.137. The van der Waals surface area contributed by atoms with Crippen molar-refractivity contribution in [3.8, 4) is 11.8 Å². The fourth-order valence-corrected chi connectivity index (χ4v) is 2.30. The van der Waals surface area contributed by atoms with E-state index in [9.17, 15) is 9.90 Å². The lowest BCUT2D eigenvalue weighted by atomic mass is 9.89. The number of esters is 1. The number of ether oxygens (including phenoxy) is 1. The van der Waals surface area contributed by atoms with Crippen LogP contribution < -0.4 is 0 Å². The highest BCUT2D eigenvalue weighted by Crippen LogP contribution is 2.36. The number of aliphatic hydroxyl groups excluding tert-OH is 1. The molecular formula is C13H20O3. The van der Waals surface area contributed by atoms with Crippen LogP contribution in [0.3, 0.4) is 0 Å². The predicted molar refractivity (Wildman–Crippen MR) is 61.5 cm³/mol. The maximum Gasteiger partial charge on any atom is 0.305 e. The molecule has 1 aliphatic carbocycles. The SMILES string of the molecule is CCC#CCC1C(O)CCC1CC(=O)OC. The fraction of sp³-hybridized carbons (Fsp3) is 0.769. The normalized spacial score (nSPS) is 28.3. The van der Waals surface area contributed by atoms with Gasteiger partial charge in [-0.2, -0.15) is 0 Å². The molecule has 3 nitrogen and oxygen atoms in total. The molecule has 3 atom stereocenters. The second-order valence-corrected chi connectivity index (χ2v) is 4.26. The number of hydrogen-bond donors (Lipinski definition) is 1. The predicted octanol–water partition coefficient (Wildman–Crippen LogP) is 1.74. The third-order valence-corrected chi connectivity index (χ3v) is 3.23. The lowest BCUT2D eigenvalue weighted by molar-refractivity contribution is -0.142. The third-order valence-electron chi connectivity index (χ3n) is 3.23. The molecule has 0 amide bonds. The van der Waals surface area contributed by atoms with Crippen LogP contribution in [0.1, 0.15) is 39.0 Å². The maximum atomic E-state index is 11.2. The van der Waals surface area contributed by atoms with Crippen LogP contribution in [-0.2, 0) is 9.53 Å². The Morgan fingerprint density at radius 2 is 2.19 bits per heavy atom. The zero-order valence-electron chi connectivity index (χ0n) is 10.0. The van der Waals surface area contributed by atoms with Crippen molar-refractivity contribution < 1.29 is 14.6 Å². The second-order valence-electron chi connectivity index (χ2n) is 4.26. The van der Waals surface area contributed by atoms with Crippen molar-refractivity contribution in [2.45, 2.75) is 45.1 Å². The Labute approximate surface area is 97.2 Å². The molecule has 1 fully saturated rings. The van der Waals surface area contributed by atoms with Crippen LogP contribution in [0.15, 0.2) is 0 Å². The molecule has 1 aliphatic rings. The van der Waals surface area contributed by atoms with E-state index in [1.54, 1.807) is 0 Å². The van der Waals surface area contributed by atoms with Crippen LogP contribution in [0.5, 0.6) is 0 Å². The summed E-state index contributed by atoms with van der Waals surface area (Å²) in [7, 11) is 1.40. The van der Waals surface area contributed by atoms with Gasteiger partial charge in [0.05, 0.1) is 13.2 Å². The van der Waals surface area contributed by atoms with Gasteiger partial charge in [-0.25, -0.2) is 0 Å². The van der Waals surface area contributed by atoms with E-state index in [0.29, 0.717) is 12.8 Å². The molecular weight excluding hydrogens is 204 g/mol. The number of rotatable bonds is 3. The molecule has 0 heterocycles. The van der Waals surface area contributed by atoms with E-state index >= 15 is 0 Å². The smallest absolute Gasteiger partial charge is 0.305 e. The Bertz CT molecular complexity index is 287. The summed E-state index contributed by atoms with van der Waals surface area (Å²) in [6.07, 6.45) is 3.31. The molecule has 0 bridgehead atoms. The molecule has 0 spiro atoms. The van der Waals surface area contributed by atoms with Gasteiger partial charge >= 0.3 is 5.97 Å². The second kappa shape index (κ2) is 6.55. The summed E-state index contributed by atoms with van der Waals surface area (Å²) in [6.45, 7) is 2.00. The minimum atomic E-state index is -0.305. The summed E-state index contributed by atoms with van der Waals surface area (Å²) < 4.78 is 4.66. The Balaban J connectivity index is 2.52. The van der Waals surface area contributed by atoms with E-state index in [-0.39, 0.29) is 23.9 Å². The van der Waals surface area contributed by atoms with Crippen molar-refractivity contribution in [2.75, 3.05) is 7.11 Å². The number of methoxy groups -OCH3 is 1. The summed E-state index contributed by atoms with van der Waals surface area (Å²) in [6, 6.07) is 0. The summed E-state index contributed by atoms with van der Waals surface area (Å²) in [5.41, 5.74) is 0. The Morgan fingerprint density at radius 1 is 1.44 bits per heavy atom. The molecule has 0 saturated heterocycles. The monoisotopic (exact) mass is 224 g/mol. The van der Waals surface area contributed by atoms with Gasteiger partial charge in [-0.05, 0) is 24.7 Å². The molecule has 0 aliphatic heterocycles. The molecule has 0 aromatic carbocycles. The Hall–Kier alpha value is -1.01. The largest absolute Gasteiger partial charge is 0.469 e. The standard InChI is InChI=1S/C13H20O3/c1-3-4-5-6-11-10(7-8-12(11)14)9-13(15)16-2/h10-12,14H,3,6-9H2,1-2H3. The van der Waals surface area contributed by atoms with Crippen molar-refractivity contribution in [1.29, 1.82) is 0 Å². The molecule has 1 saturated carbocycles. The number of hydrogen-bond acceptors (Lipinski definition) is 3. The van der Waals surface area contributed by atoms with Crippen LogP contribution in [-0.4, -0.2) is 24.3 Å². The van der Waals surface area contributed by atoms with Crippen molar-refractivity contribution in [1.82, 2.24) is 0 Å². The van der Waals surface area contributed by atoms with Gasteiger partial charge in [0, 0.05) is 19.3 Å². The maximum absolute atomic E-state index is 11.2.